The van der Waals surface area contributed by atoms with Crippen LogP contribution in [-0.2, 0) is 0 Å². The highest BCUT2D eigenvalue weighted by molar-refractivity contribution is 9.10. The first-order valence-corrected chi connectivity index (χ1v) is 7.16. The van der Waals surface area contributed by atoms with Crippen LogP contribution in [0.2, 0.25) is 5.02 Å². The van der Waals surface area contributed by atoms with Crippen molar-refractivity contribution in [3.8, 4) is 0 Å². The van der Waals surface area contributed by atoms with Gasteiger partial charge >= 0.3 is 0 Å². The van der Waals surface area contributed by atoms with Crippen molar-refractivity contribution in [2.45, 2.75) is 0 Å². The minimum absolute atomic E-state index is 0.126. The van der Waals surface area contributed by atoms with Crippen LogP contribution in [0.5, 0.6) is 0 Å². The zero-order valence-corrected chi connectivity index (χ0v) is 12.8. The molecule has 0 aliphatic carbocycles. The second-order valence-corrected chi connectivity index (χ2v) is 5.61. The Morgan fingerprint density at radius 3 is 2.76 bits per heavy atom. The fourth-order valence-corrected chi connectivity index (χ4v) is 2.59. The normalized spacial score (nSPS) is 10.8. The van der Waals surface area contributed by atoms with E-state index in [9.17, 15) is 9.18 Å². The Morgan fingerprint density at radius 1 is 1.24 bits per heavy atom. The third kappa shape index (κ3) is 2.80. The van der Waals surface area contributed by atoms with Crippen LogP contribution in [0.1, 0.15) is 10.6 Å². The van der Waals surface area contributed by atoms with Gasteiger partial charge in [0.1, 0.15) is 11.4 Å². The number of nitrogens with one attached hydrogen (secondary N) is 1. The maximum Gasteiger partial charge on any atom is 0.291 e. The highest BCUT2D eigenvalue weighted by Gasteiger charge is 2.15. The molecular weight excluding hydrogens is 361 g/mol. The topological polar surface area (TPSA) is 42.2 Å². The number of fused-ring (bicyclic) bond motifs is 1. The third-order valence-corrected chi connectivity index (χ3v) is 3.84. The van der Waals surface area contributed by atoms with Gasteiger partial charge in [-0.05, 0) is 46.3 Å². The van der Waals surface area contributed by atoms with E-state index in [1.807, 2.05) is 18.2 Å². The van der Waals surface area contributed by atoms with Gasteiger partial charge in [-0.3, -0.25) is 4.79 Å². The number of carbonyl (C=O) groups excluding carboxylic acids is 1. The fourth-order valence-electron chi connectivity index (χ4n) is 1.91. The SMILES string of the molecule is O=C(Nc1ccc(F)cc1Cl)c1cc2cccc(Br)c2o1. The summed E-state index contributed by atoms with van der Waals surface area (Å²) < 4.78 is 19.3. The van der Waals surface area contributed by atoms with Gasteiger partial charge < -0.3 is 9.73 Å². The lowest BCUT2D eigenvalue weighted by Crippen LogP contribution is -2.11. The second-order valence-electron chi connectivity index (χ2n) is 4.35. The molecule has 0 saturated carbocycles. The molecule has 1 heterocycles. The molecule has 0 saturated heterocycles. The molecule has 0 bridgehead atoms. The molecule has 3 aromatic rings. The third-order valence-electron chi connectivity index (χ3n) is 2.90. The van der Waals surface area contributed by atoms with E-state index >= 15 is 0 Å². The summed E-state index contributed by atoms with van der Waals surface area (Å²) in [4.78, 5) is 12.2. The molecule has 6 heteroatoms. The maximum atomic E-state index is 13.0. The smallest absolute Gasteiger partial charge is 0.291 e. The number of amides is 1. The molecule has 0 fully saturated rings. The Bertz CT molecular complexity index is 847. The van der Waals surface area contributed by atoms with Gasteiger partial charge in [-0.15, -0.1) is 0 Å². The molecule has 2 aromatic carbocycles. The highest BCUT2D eigenvalue weighted by Crippen LogP contribution is 2.28. The van der Waals surface area contributed by atoms with E-state index in [1.54, 1.807) is 6.07 Å². The van der Waals surface area contributed by atoms with Crippen molar-refractivity contribution < 1.29 is 13.6 Å². The van der Waals surface area contributed by atoms with Crippen LogP contribution < -0.4 is 5.32 Å². The summed E-state index contributed by atoms with van der Waals surface area (Å²) in [6, 6.07) is 10.9. The summed E-state index contributed by atoms with van der Waals surface area (Å²) in [7, 11) is 0. The van der Waals surface area contributed by atoms with Crippen molar-refractivity contribution in [1.82, 2.24) is 0 Å². The van der Waals surface area contributed by atoms with Gasteiger partial charge in [0, 0.05) is 5.39 Å². The zero-order chi connectivity index (χ0) is 15.0. The lowest BCUT2D eigenvalue weighted by Gasteiger charge is -2.05. The Balaban J connectivity index is 1.92. The minimum Gasteiger partial charge on any atom is -0.450 e. The lowest BCUT2D eigenvalue weighted by molar-refractivity contribution is 0.0998. The predicted molar refractivity (Wildman–Crippen MR) is 83.3 cm³/mol. The standard InChI is InChI=1S/C15H8BrClFNO2/c16-10-3-1-2-8-6-13(21-14(8)10)15(20)19-12-5-4-9(18)7-11(12)17/h1-7H,(H,19,20). The first kappa shape index (κ1) is 14.1. The van der Waals surface area contributed by atoms with Gasteiger partial charge in [0.15, 0.2) is 5.76 Å². The average molecular weight is 369 g/mol. The van der Waals surface area contributed by atoms with Crippen molar-refractivity contribution >= 4 is 50.1 Å². The Morgan fingerprint density at radius 2 is 2.05 bits per heavy atom. The van der Waals surface area contributed by atoms with Crippen molar-refractivity contribution in [2.75, 3.05) is 5.32 Å². The lowest BCUT2D eigenvalue weighted by atomic mass is 10.2. The predicted octanol–water partition coefficient (Wildman–Crippen LogP) is 5.24. The highest BCUT2D eigenvalue weighted by atomic mass is 79.9. The molecule has 3 nitrogen and oxygen atoms in total. The number of hydrogen-bond acceptors (Lipinski definition) is 2. The fraction of sp³-hybridized carbons (Fsp3) is 0. The van der Waals surface area contributed by atoms with Gasteiger partial charge in [0.25, 0.3) is 5.91 Å². The number of anilines is 1. The summed E-state index contributed by atoms with van der Waals surface area (Å²) in [6.07, 6.45) is 0. The van der Waals surface area contributed by atoms with Gasteiger partial charge in [0.2, 0.25) is 0 Å². The molecule has 1 aromatic heterocycles. The number of para-hydroxylation sites is 1. The van der Waals surface area contributed by atoms with E-state index in [4.69, 9.17) is 16.0 Å². The number of benzene rings is 2. The summed E-state index contributed by atoms with van der Waals surface area (Å²) in [5.41, 5.74) is 0.912. The molecule has 0 radical (unpaired) electrons. The van der Waals surface area contributed by atoms with Crippen LogP contribution in [-0.4, -0.2) is 5.91 Å². The van der Waals surface area contributed by atoms with E-state index in [2.05, 4.69) is 21.2 Å². The molecule has 0 aliphatic heterocycles. The molecular formula is C15H8BrClFNO2. The van der Waals surface area contributed by atoms with Crippen LogP contribution in [0, 0.1) is 5.82 Å². The van der Waals surface area contributed by atoms with Crippen molar-refractivity contribution in [3.63, 3.8) is 0 Å². The zero-order valence-electron chi connectivity index (χ0n) is 10.5. The Labute approximate surface area is 132 Å². The van der Waals surface area contributed by atoms with Crippen LogP contribution >= 0.6 is 27.5 Å². The van der Waals surface area contributed by atoms with E-state index < -0.39 is 11.7 Å². The second kappa shape index (κ2) is 5.50. The minimum atomic E-state index is -0.467. The molecule has 3 rings (SSSR count). The molecule has 1 amide bonds. The molecule has 0 aliphatic rings. The van der Waals surface area contributed by atoms with Crippen LogP contribution in [0.4, 0.5) is 10.1 Å². The Kier molecular flexibility index (Phi) is 3.69. The largest absolute Gasteiger partial charge is 0.450 e. The van der Waals surface area contributed by atoms with Gasteiger partial charge in [0.05, 0.1) is 15.2 Å². The van der Waals surface area contributed by atoms with E-state index in [0.29, 0.717) is 11.3 Å². The van der Waals surface area contributed by atoms with Crippen LogP contribution in [0.25, 0.3) is 11.0 Å². The summed E-state index contributed by atoms with van der Waals surface area (Å²) in [5, 5.41) is 3.52. The van der Waals surface area contributed by atoms with Crippen LogP contribution in [0.15, 0.2) is 51.4 Å². The quantitative estimate of drug-likeness (QED) is 0.672. The van der Waals surface area contributed by atoms with E-state index in [1.165, 1.54) is 12.1 Å². The number of hydrogen-bond donors (Lipinski definition) is 1. The monoisotopic (exact) mass is 367 g/mol. The number of carbonyl (C=O) groups is 1. The molecule has 0 spiro atoms. The van der Waals surface area contributed by atoms with Crippen molar-refractivity contribution in [1.29, 1.82) is 0 Å². The van der Waals surface area contributed by atoms with Gasteiger partial charge in [-0.2, -0.15) is 0 Å². The molecule has 1 N–H and O–H groups in total. The first-order valence-electron chi connectivity index (χ1n) is 5.99. The molecule has 106 valence electrons. The first-order chi connectivity index (χ1) is 10.0. The molecule has 0 atom stereocenters. The van der Waals surface area contributed by atoms with Crippen molar-refractivity contribution in [2.24, 2.45) is 0 Å². The molecule has 0 unspecified atom stereocenters. The summed E-state index contributed by atoms with van der Waals surface area (Å²) >= 11 is 9.23. The number of halogens is 3. The number of rotatable bonds is 2. The van der Waals surface area contributed by atoms with Gasteiger partial charge in [-0.1, -0.05) is 23.7 Å². The Hall–Kier alpha value is -1.85. The number of furan rings is 1. The van der Waals surface area contributed by atoms with E-state index in [0.717, 1.165) is 15.9 Å². The summed E-state index contributed by atoms with van der Waals surface area (Å²) in [5.74, 6) is -0.769. The summed E-state index contributed by atoms with van der Waals surface area (Å²) in [6.45, 7) is 0. The van der Waals surface area contributed by atoms with E-state index in [-0.39, 0.29) is 10.8 Å². The average Bonchev–Trinajstić information content (AvgIpc) is 2.87. The molecule has 21 heavy (non-hydrogen) atoms. The van der Waals surface area contributed by atoms with Crippen LogP contribution in [0.3, 0.4) is 0 Å². The van der Waals surface area contributed by atoms with Crippen molar-refractivity contribution in [3.05, 3.63) is 63.5 Å². The van der Waals surface area contributed by atoms with Gasteiger partial charge in [-0.25, -0.2) is 4.39 Å². The maximum absolute atomic E-state index is 13.0.